The predicted molar refractivity (Wildman–Crippen MR) is 75.8 cm³/mol. The lowest BCUT2D eigenvalue weighted by Crippen LogP contribution is -2.21. The number of hydrogen-bond acceptors (Lipinski definition) is 5. The molecule has 110 valence electrons. The number of nitrogens with two attached hydrogens (primary N) is 1. The quantitative estimate of drug-likeness (QED) is 0.661. The first-order chi connectivity index (χ1) is 9.70. The van der Waals surface area contributed by atoms with Gasteiger partial charge in [-0.05, 0) is 43.9 Å². The van der Waals surface area contributed by atoms with Gasteiger partial charge in [-0.2, -0.15) is 0 Å². The molecule has 5 heteroatoms. The third-order valence-corrected chi connectivity index (χ3v) is 3.34. The maximum Gasteiger partial charge on any atom is 0.338 e. The minimum atomic E-state index is -0.358. The van der Waals surface area contributed by atoms with Crippen molar-refractivity contribution in [3.05, 3.63) is 23.8 Å². The summed E-state index contributed by atoms with van der Waals surface area (Å²) in [7, 11) is 0. The second-order valence-corrected chi connectivity index (χ2v) is 4.84. The summed E-state index contributed by atoms with van der Waals surface area (Å²) in [5, 5.41) is 0. The lowest BCUT2D eigenvalue weighted by atomic mass is 10.0. The van der Waals surface area contributed by atoms with Crippen LogP contribution in [0.25, 0.3) is 0 Å². The van der Waals surface area contributed by atoms with Crippen molar-refractivity contribution in [2.75, 3.05) is 32.2 Å². The Kier molecular flexibility index (Phi) is 5.24. The van der Waals surface area contributed by atoms with E-state index in [-0.39, 0.29) is 5.97 Å². The Bertz CT molecular complexity index is 455. The van der Waals surface area contributed by atoms with E-state index in [1.54, 1.807) is 25.1 Å². The van der Waals surface area contributed by atoms with Crippen molar-refractivity contribution in [1.29, 1.82) is 0 Å². The van der Waals surface area contributed by atoms with Gasteiger partial charge in [0.25, 0.3) is 0 Å². The van der Waals surface area contributed by atoms with E-state index in [9.17, 15) is 4.79 Å². The van der Waals surface area contributed by atoms with Crippen molar-refractivity contribution in [1.82, 2.24) is 0 Å². The number of benzene rings is 1. The topological polar surface area (TPSA) is 70.8 Å². The summed E-state index contributed by atoms with van der Waals surface area (Å²) in [5.41, 5.74) is 6.87. The van der Waals surface area contributed by atoms with Crippen molar-refractivity contribution in [2.45, 2.75) is 19.8 Å². The van der Waals surface area contributed by atoms with Crippen LogP contribution in [0.3, 0.4) is 0 Å². The maximum atomic E-state index is 11.7. The summed E-state index contributed by atoms with van der Waals surface area (Å²) in [5.74, 6) is 0.667. The molecule has 1 aliphatic rings. The Morgan fingerprint density at radius 2 is 2.15 bits per heavy atom. The third kappa shape index (κ3) is 3.87. The van der Waals surface area contributed by atoms with Crippen LogP contribution in [-0.2, 0) is 9.47 Å². The highest BCUT2D eigenvalue weighted by molar-refractivity contribution is 5.90. The van der Waals surface area contributed by atoms with Crippen molar-refractivity contribution in [2.24, 2.45) is 5.92 Å². The molecule has 0 spiro atoms. The number of anilines is 1. The molecule has 0 aliphatic carbocycles. The highest BCUT2D eigenvalue weighted by Gasteiger charge is 2.16. The summed E-state index contributed by atoms with van der Waals surface area (Å²) in [6, 6.07) is 4.97. The SMILES string of the molecule is CCOC(=O)c1ccc(N)c(OCC2CCOCC2)c1. The smallest absolute Gasteiger partial charge is 0.338 e. The van der Waals surface area contributed by atoms with Crippen LogP contribution in [0.4, 0.5) is 5.69 Å². The van der Waals surface area contributed by atoms with Crippen LogP contribution in [0, 0.1) is 5.92 Å². The minimum Gasteiger partial charge on any atom is -0.491 e. The van der Waals surface area contributed by atoms with Gasteiger partial charge in [0.15, 0.2) is 0 Å². The predicted octanol–water partition coefficient (Wildman–Crippen LogP) is 2.25. The molecular formula is C15H21NO4. The second-order valence-electron chi connectivity index (χ2n) is 4.84. The monoisotopic (exact) mass is 279 g/mol. The molecule has 0 unspecified atom stereocenters. The molecule has 2 N–H and O–H groups in total. The molecular weight excluding hydrogens is 258 g/mol. The Morgan fingerprint density at radius 3 is 2.85 bits per heavy atom. The van der Waals surface area contributed by atoms with Gasteiger partial charge in [0.05, 0.1) is 24.5 Å². The van der Waals surface area contributed by atoms with Crippen LogP contribution >= 0.6 is 0 Å². The van der Waals surface area contributed by atoms with Crippen LogP contribution in [0.15, 0.2) is 18.2 Å². The fraction of sp³-hybridized carbons (Fsp3) is 0.533. The van der Waals surface area contributed by atoms with Gasteiger partial charge < -0.3 is 19.9 Å². The van der Waals surface area contributed by atoms with Gasteiger partial charge in [0.2, 0.25) is 0 Å². The summed E-state index contributed by atoms with van der Waals surface area (Å²) in [6.45, 7) is 4.29. The Hall–Kier alpha value is -1.75. The zero-order valence-electron chi connectivity index (χ0n) is 11.8. The molecule has 0 atom stereocenters. The normalized spacial score (nSPS) is 15.8. The average molecular weight is 279 g/mol. The Morgan fingerprint density at radius 1 is 1.40 bits per heavy atom. The van der Waals surface area contributed by atoms with E-state index in [4.69, 9.17) is 19.9 Å². The van der Waals surface area contributed by atoms with E-state index in [0.29, 0.717) is 36.1 Å². The number of nitrogen functional groups attached to an aromatic ring is 1. The molecule has 1 aromatic rings. The van der Waals surface area contributed by atoms with Crippen molar-refractivity contribution in [3.63, 3.8) is 0 Å². The minimum absolute atomic E-state index is 0.349. The number of esters is 1. The van der Waals surface area contributed by atoms with Crippen molar-refractivity contribution in [3.8, 4) is 5.75 Å². The average Bonchev–Trinajstić information content (AvgIpc) is 2.47. The first-order valence-corrected chi connectivity index (χ1v) is 6.98. The molecule has 5 nitrogen and oxygen atoms in total. The van der Waals surface area contributed by atoms with E-state index in [2.05, 4.69) is 0 Å². The van der Waals surface area contributed by atoms with Gasteiger partial charge in [-0.15, -0.1) is 0 Å². The van der Waals surface area contributed by atoms with Crippen molar-refractivity contribution < 1.29 is 19.0 Å². The van der Waals surface area contributed by atoms with Gasteiger partial charge in [-0.3, -0.25) is 0 Å². The number of hydrogen-bond donors (Lipinski definition) is 1. The lowest BCUT2D eigenvalue weighted by molar-refractivity contribution is 0.0496. The molecule has 2 rings (SSSR count). The largest absolute Gasteiger partial charge is 0.491 e. The Balaban J connectivity index is 1.98. The summed E-state index contributed by atoms with van der Waals surface area (Å²) < 4.78 is 16.0. The molecule has 1 fully saturated rings. The van der Waals surface area contributed by atoms with Crippen LogP contribution in [0.1, 0.15) is 30.1 Å². The van der Waals surface area contributed by atoms with Crippen LogP contribution in [0.2, 0.25) is 0 Å². The van der Waals surface area contributed by atoms with E-state index in [0.717, 1.165) is 26.1 Å². The van der Waals surface area contributed by atoms with Crippen LogP contribution < -0.4 is 10.5 Å². The van der Waals surface area contributed by atoms with E-state index in [1.807, 2.05) is 0 Å². The number of carbonyl (C=O) groups is 1. The number of rotatable bonds is 5. The van der Waals surface area contributed by atoms with Gasteiger partial charge in [0, 0.05) is 13.2 Å². The maximum absolute atomic E-state index is 11.7. The highest BCUT2D eigenvalue weighted by Crippen LogP contribution is 2.25. The molecule has 1 heterocycles. The molecule has 0 radical (unpaired) electrons. The fourth-order valence-electron chi connectivity index (χ4n) is 2.12. The van der Waals surface area contributed by atoms with Gasteiger partial charge in [-0.25, -0.2) is 4.79 Å². The first kappa shape index (κ1) is 14.7. The van der Waals surface area contributed by atoms with Crippen LogP contribution in [0.5, 0.6) is 5.75 Å². The summed E-state index contributed by atoms with van der Waals surface area (Å²) in [4.78, 5) is 11.7. The van der Waals surface area contributed by atoms with Gasteiger partial charge in [0.1, 0.15) is 5.75 Å². The first-order valence-electron chi connectivity index (χ1n) is 6.98. The molecule has 0 aromatic heterocycles. The zero-order valence-corrected chi connectivity index (χ0v) is 11.8. The molecule has 0 bridgehead atoms. The summed E-state index contributed by atoms with van der Waals surface area (Å²) in [6.07, 6.45) is 1.99. The molecule has 0 amide bonds. The number of ether oxygens (including phenoxy) is 3. The summed E-state index contributed by atoms with van der Waals surface area (Å²) >= 11 is 0. The Labute approximate surface area is 119 Å². The lowest BCUT2D eigenvalue weighted by Gasteiger charge is -2.22. The molecule has 1 saturated heterocycles. The molecule has 1 aromatic carbocycles. The van der Waals surface area contributed by atoms with Gasteiger partial charge in [-0.1, -0.05) is 0 Å². The van der Waals surface area contributed by atoms with E-state index >= 15 is 0 Å². The fourth-order valence-corrected chi connectivity index (χ4v) is 2.12. The van der Waals surface area contributed by atoms with Gasteiger partial charge >= 0.3 is 5.97 Å². The highest BCUT2D eigenvalue weighted by atomic mass is 16.5. The third-order valence-electron chi connectivity index (χ3n) is 3.34. The second kappa shape index (κ2) is 7.14. The van der Waals surface area contributed by atoms with E-state index in [1.165, 1.54) is 0 Å². The van der Waals surface area contributed by atoms with Crippen molar-refractivity contribution >= 4 is 11.7 Å². The van der Waals surface area contributed by atoms with Crippen LogP contribution in [-0.4, -0.2) is 32.4 Å². The zero-order chi connectivity index (χ0) is 14.4. The standard InChI is InChI=1S/C15H21NO4/c1-2-19-15(17)12-3-4-13(16)14(9-12)20-10-11-5-7-18-8-6-11/h3-4,9,11H,2,5-8,10,16H2,1H3. The number of carbonyl (C=O) groups excluding carboxylic acids is 1. The molecule has 20 heavy (non-hydrogen) atoms. The molecule has 0 saturated carbocycles. The van der Waals surface area contributed by atoms with E-state index < -0.39 is 0 Å². The molecule has 1 aliphatic heterocycles.